The van der Waals surface area contributed by atoms with E-state index < -0.39 is 0 Å². The molecule has 0 aromatic heterocycles. The minimum absolute atomic E-state index is 0.167. The summed E-state index contributed by atoms with van der Waals surface area (Å²) < 4.78 is 13.1. The standard InChI is InChI=1S/C16H15Cl2FN2O/c1-21(9-11-5-12(17)7-13(18)6-11)10-16(22)20-15-4-2-3-14(19)8-15/h2-8H,9-10H2,1H3,(H,20,22). The van der Waals surface area contributed by atoms with Crippen molar-refractivity contribution >= 4 is 34.8 Å². The van der Waals surface area contributed by atoms with Crippen LogP contribution < -0.4 is 5.32 Å². The van der Waals surface area contributed by atoms with E-state index in [-0.39, 0.29) is 18.3 Å². The molecule has 116 valence electrons. The number of hydrogen-bond acceptors (Lipinski definition) is 2. The van der Waals surface area contributed by atoms with E-state index >= 15 is 0 Å². The Kier molecular flexibility index (Phi) is 5.77. The summed E-state index contributed by atoms with van der Waals surface area (Å²) in [7, 11) is 1.81. The monoisotopic (exact) mass is 340 g/mol. The lowest BCUT2D eigenvalue weighted by atomic mass is 10.2. The molecule has 0 unspecified atom stereocenters. The number of hydrogen-bond donors (Lipinski definition) is 1. The van der Waals surface area contributed by atoms with Gasteiger partial charge < -0.3 is 5.32 Å². The second kappa shape index (κ2) is 7.58. The molecule has 0 fully saturated rings. The number of carbonyl (C=O) groups excluding carboxylic acids is 1. The fourth-order valence-electron chi connectivity index (χ4n) is 2.08. The molecule has 2 rings (SSSR count). The molecule has 2 aromatic rings. The van der Waals surface area contributed by atoms with Crippen molar-refractivity contribution in [3.63, 3.8) is 0 Å². The molecule has 0 atom stereocenters. The number of nitrogens with zero attached hydrogens (tertiary/aromatic N) is 1. The van der Waals surface area contributed by atoms with Crippen LogP contribution in [0.3, 0.4) is 0 Å². The van der Waals surface area contributed by atoms with Crippen molar-refractivity contribution in [2.24, 2.45) is 0 Å². The average Bonchev–Trinajstić information content (AvgIpc) is 2.36. The van der Waals surface area contributed by atoms with Crippen molar-refractivity contribution in [3.8, 4) is 0 Å². The Morgan fingerprint density at radius 1 is 1.18 bits per heavy atom. The molecule has 3 nitrogen and oxygen atoms in total. The molecule has 0 aliphatic rings. The van der Waals surface area contributed by atoms with Gasteiger partial charge in [0.1, 0.15) is 5.82 Å². The van der Waals surface area contributed by atoms with E-state index in [2.05, 4.69) is 5.32 Å². The molecule has 0 saturated heterocycles. The first kappa shape index (κ1) is 16.7. The van der Waals surface area contributed by atoms with Crippen LogP contribution in [0.25, 0.3) is 0 Å². The van der Waals surface area contributed by atoms with Gasteiger partial charge in [0.2, 0.25) is 5.91 Å². The quantitative estimate of drug-likeness (QED) is 0.884. The number of likely N-dealkylation sites (N-methyl/N-ethyl adjacent to an activating group) is 1. The fourth-order valence-corrected chi connectivity index (χ4v) is 2.65. The van der Waals surface area contributed by atoms with Gasteiger partial charge in [0.15, 0.2) is 0 Å². The van der Waals surface area contributed by atoms with Crippen molar-refractivity contribution in [1.82, 2.24) is 4.90 Å². The Balaban J connectivity index is 1.91. The molecule has 0 radical (unpaired) electrons. The smallest absolute Gasteiger partial charge is 0.238 e. The number of anilines is 1. The zero-order valence-corrected chi connectivity index (χ0v) is 13.5. The van der Waals surface area contributed by atoms with E-state index in [1.54, 1.807) is 37.4 Å². The molecule has 1 N–H and O–H groups in total. The molecular formula is C16H15Cl2FN2O. The van der Waals surface area contributed by atoms with Gasteiger partial charge in [-0.25, -0.2) is 4.39 Å². The topological polar surface area (TPSA) is 32.3 Å². The van der Waals surface area contributed by atoms with Crippen molar-refractivity contribution < 1.29 is 9.18 Å². The summed E-state index contributed by atoms with van der Waals surface area (Å²) >= 11 is 11.9. The largest absolute Gasteiger partial charge is 0.325 e. The number of rotatable bonds is 5. The number of nitrogens with one attached hydrogen (secondary N) is 1. The summed E-state index contributed by atoms with van der Waals surface area (Å²) in [5.41, 5.74) is 1.35. The van der Waals surface area contributed by atoms with Crippen molar-refractivity contribution in [2.45, 2.75) is 6.54 Å². The third kappa shape index (κ3) is 5.30. The van der Waals surface area contributed by atoms with E-state index in [0.717, 1.165) is 5.56 Å². The zero-order valence-electron chi connectivity index (χ0n) is 11.9. The van der Waals surface area contributed by atoms with Gasteiger partial charge in [-0.2, -0.15) is 0 Å². The van der Waals surface area contributed by atoms with Crippen LogP contribution in [0.4, 0.5) is 10.1 Å². The normalized spacial score (nSPS) is 10.8. The van der Waals surface area contributed by atoms with Crippen LogP contribution in [-0.2, 0) is 11.3 Å². The SMILES string of the molecule is CN(CC(=O)Nc1cccc(F)c1)Cc1cc(Cl)cc(Cl)c1. The molecule has 0 aliphatic carbocycles. The van der Waals surface area contributed by atoms with E-state index in [9.17, 15) is 9.18 Å². The third-order valence-electron chi connectivity index (χ3n) is 2.90. The van der Waals surface area contributed by atoms with Gasteiger partial charge in [-0.15, -0.1) is 0 Å². The highest BCUT2D eigenvalue weighted by atomic mass is 35.5. The molecule has 0 heterocycles. The second-order valence-corrected chi connectivity index (χ2v) is 5.88. The second-order valence-electron chi connectivity index (χ2n) is 5.01. The Hall–Kier alpha value is -1.62. The van der Waals surface area contributed by atoms with Gasteiger partial charge in [-0.05, 0) is 49.0 Å². The predicted octanol–water partition coefficient (Wildman–Crippen LogP) is 4.20. The molecule has 6 heteroatoms. The Morgan fingerprint density at radius 3 is 2.50 bits per heavy atom. The average molecular weight is 341 g/mol. The van der Waals surface area contributed by atoms with Gasteiger partial charge in [0.05, 0.1) is 6.54 Å². The fraction of sp³-hybridized carbons (Fsp3) is 0.188. The highest BCUT2D eigenvalue weighted by Crippen LogP contribution is 2.20. The first-order valence-electron chi connectivity index (χ1n) is 6.61. The lowest BCUT2D eigenvalue weighted by Crippen LogP contribution is -2.29. The first-order valence-corrected chi connectivity index (χ1v) is 7.37. The van der Waals surface area contributed by atoms with E-state index in [4.69, 9.17) is 23.2 Å². The number of carbonyl (C=O) groups is 1. The van der Waals surface area contributed by atoms with Gasteiger partial charge in [0.25, 0.3) is 0 Å². The molecular weight excluding hydrogens is 326 g/mol. The van der Waals surface area contributed by atoms with Gasteiger partial charge in [0, 0.05) is 22.3 Å². The summed E-state index contributed by atoms with van der Waals surface area (Å²) in [6.45, 7) is 0.692. The molecule has 22 heavy (non-hydrogen) atoms. The van der Waals surface area contributed by atoms with Crippen LogP contribution in [0.15, 0.2) is 42.5 Å². The molecule has 0 spiro atoms. The maximum atomic E-state index is 13.1. The van der Waals surface area contributed by atoms with Crippen molar-refractivity contribution in [2.75, 3.05) is 18.9 Å². The minimum Gasteiger partial charge on any atom is -0.325 e. The van der Waals surface area contributed by atoms with E-state index in [1.165, 1.54) is 12.1 Å². The van der Waals surface area contributed by atoms with Crippen molar-refractivity contribution in [1.29, 1.82) is 0 Å². The van der Waals surface area contributed by atoms with Crippen LogP contribution in [0.5, 0.6) is 0 Å². The van der Waals surface area contributed by atoms with Crippen LogP contribution >= 0.6 is 23.2 Å². The number of amides is 1. The third-order valence-corrected chi connectivity index (χ3v) is 3.33. The highest BCUT2D eigenvalue weighted by molar-refractivity contribution is 6.34. The summed E-state index contributed by atoms with van der Waals surface area (Å²) in [6, 6.07) is 11.0. The zero-order chi connectivity index (χ0) is 16.1. The molecule has 0 aliphatic heterocycles. The molecule has 1 amide bonds. The van der Waals surface area contributed by atoms with Gasteiger partial charge in [-0.3, -0.25) is 9.69 Å². The lowest BCUT2D eigenvalue weighted by molar-refractivity contribution is -0.117. The summed E-state index contributed by atoms with van der Waals surface area (Å²) in [4.78, 5) is 13.7. The number of benzene rings is 2. The lowest BCUT2D eigenvalue weighted by Gasteiger charge is -2.16. The highest BCUT2D eigenvalue weighted by Gasteiger charge is 2.09. The molecule has 2 aromatic carbocycles. The van der Waals surface area contributed by atoms with Crippen LogP contribution in [0.1, 0.15) is 5.56 Å². The van der Waals surface area contributed by atoms with E-state index in [1.807, 2.05) is 4.90 Å². The minimum atomic E-state index is -0.389. The Labute approximate surface area is 138 Å². The first-order chi connectivity index (χ1) is 10.4. The van der Waals surface area contributed by atoms with E-state index in [0.29, 0.717) is 22.3 Å². The summed E-state index contributed by atoms with van der Waals surface area (Å²) in [5.74, 6) is -0.610. The number of halogens is 3. The van der Waals surface area contributed by atoms with Crippen LogP contribution in [0.2, 0.25) is 10.0 Å². The maximum Gasteiger partial charge on any atom is 0.238 e. The predicted molar refractivity (Wildman–Crippen MR) is 87.8 cm³/mol. The van der Waals surface area contributed by atoms with Gasteiger partial charge >= 0.3 is 0 Å². The van der Waals surface area contributed by atoms with Gasteiger partial charge in [-0.1, -0.05) is 29.3 Å². The van der Waals surface area contributed by atoms with Crippen LogP contribution in [0, 0.1) is 5.82 Å². The maximum absolute atomic E-state index is 13.1. The summed E-state index contributed by atoms with van der Waals surface area (Å²) in [5, 5.41) is 3.76. The Morgan fingerprint density at radius 2 is 1.86 bits per heavy atom. The van der Waals surface area contributed by atoms with Crippen LogP contribution in [-0.4, -0.2) is 24.4 Å². The van der Waals surface area contributed by atoms with Crippen molar-refractivity contribution in [3.05, 3.63) is 63.9 Å². The Bertz CT molecular complexity index is 659. The molecule has 0 saturated carbocycles. The molecule has 0 bridgehead atoms. The summed E-state index contributed by atoms with van der Waals surface area (Å²) in [6.07, 6.45) is 0.